The standard InChI is InChI=1S/C11H19NOS/c1-3-9-6-7-14-10-5-4-8(2)12(10)11(9)13/h8-10H,3-7H2,1-2H3/t8-,9+,10?/m1/s1. The minimum absolute atomic E-state index is 0.299. The summed E-state index contributed by atoms with van der Waals surface area (Å²) in [6, 6.07) is 0.479. The molecule has 80 valence electrons. The molecule has 14 heavy (non-hydrogen) atoms. The molecule has 0 aliphatic carbocycles. The van der Waals surface area contributed by atoms with Crippen LogP contribution in [0.1, 0.15) is 39.5 Å². The fourth-order valence-corrected chi connectivity index (χ4v) is 4.00. The fourth-order valence-electron chi connectivity index (χ4n) is 2.53. The third kappa shape index (κ3) is 1.67. The van der Waals surface area contributed by atoms with E-state index in [0.29, 0.717) is 23.2 Å². The van der Waals surface area contributed by atoms with E-state index in [1.807, 2.05) is 11.8 Å². The predicted molar refractivity (Wildman–Crippen MR) is 60.2 cm³/mol. The van der Waals surface area contributed by atoms with Crippen LogP contribution < -0.4 is 0 Å². The van der Waals surface area contributed by atoms with E-state index in [1.165, 1.54) is 12.8 Å². The molecule has 1 amide bonds. The van der Waals surface area contributed by atoms with Crippen LogP contribution in [0.2, 0.25) is 0 Å². The first-order chi connectivity index (χ1) is 6.74. The third-order valence-electron chi connectivity index (χ3n) is 3.49. The molecule has 2 heterocycles. The molecule has 0 bridgehead atoms. The van der Waals surface area contributed by atoms with Crippen molar-refractivity contribution in [2.45, 2.75) is 50.9 Å². The van der Waals surface area contributed by atoms with E-state index < -0.39 is 0 Å². The summed E-state index contributed by atoms with van der Waals surface area (Å²) >= 11 is 1.99. The van der Waals surface area contributed by atoms with Crippen molar-refractivity contribution in [1.82, 2.24) is 4.90 Å². The van der Waals surface area contributed by atoms with Crippen LogP contribution in [-0.4, -0.2) is 28.0 Å². The molecule has 0 spiro atoms. The first-order valence-corrected chi connectivity index (χ1v) is 6.72. The minimum atomic E-state index is 0.299. The Morgan fingerprint density at radius 2 is 2.21 bits per heavy atom. The Kier molecular flexibility index (Phi) is 3.05. The lowest BCUT2D eigenvalue weighted by Gasteiger charge is -2.28. The van der Waals surface area contributed by atoms with Crippen molar-refractivity contribution in [3.05, 3.63) is 0 Å². The molecule has 2 rings (SSSR count). The van der Waals surface area contributed by atoms with Gasteiger partial charge < -0.3 is 4.90 Å². The monoisotopic (exact) mass is 213 g/mol. The molecule has 2 saturated heterocycles. The zero-order valence-corrected chi connectivity index (χ0v) is 9.85. The molecule has 3 atom stereocenters. The molecule has 2 aliphatic heterocycles. The minimum Gasteiger partial charge on any atom is -0.328 e. The molecule has 0 aromatic carbocycles. The van der Waals surface area contributed by atoms with Crippen LogP contribution in [0.15, 0.2) is 0 Å². The van der Waals surface area contributed by atoms with Crippen molar-refractivity contribution in [2.75, 3.05) is 5.75 Å². The lowest BCUT2D eigenvalue weighted by Crippen LogP contribution is -2.40. The topological polar surface area (TPSA) is 20.3 Å². The summed E-state index contributed by atoms with van der Waals surface area (Å²) < 4.78 is 0. The summed E-state index contributed by atoms with van der Waals surface area (Å²) in [5.41, 5.74) is 0. The summed E-state index contributed by atoms with van der Waals surface area (Å²) in [6.45, 7) is 4.32. The molecule has 2 nitrogen and oxygen atoms in total. The van der Waals surface area contributed by atoms with Crippen molar-refractivity contribution in [3.8, 4) is 0 Å². The van der Waals surface area contributed by atoms with Crippen molar-refractivity contribution in [1.29, 1.82) is 0 Å². The lowest BCUT2D eigenvalue weighted by atomic mass is 10.0. The number of amides is 1. The maximum Gasteiger partial charge on any atom is 0.226 e. The highest BCUT2D eigenvalue weighted by Crippen LogP contribution is 2.37. The highest BCUT2D eigenvalue weighted by molar-refractivity contribution is 7.99. The number of carbonyl (C=O) groups is 1. The summed E-state index contributed by atoms with van der Waals surface area (Å²) in [4.78, 5) is 14.3. The summed E-state index contributed by atoms with van der Waals surface area (Å²) in [5.74, 6) is 1.89. The number of fused-ring (bicyclic) bond motifs is 1. The van der Waals surface area contributed by atoms with Crippen molar-refractivity contribution in [3.63, 3.8) is 0 Å². The molecule has 0 saturated carbocycles. The Bertz CT molecular complexity index is 231. The zero-order valence-electron chi connectivity index (χ0n) is 9.03. The van der Waals surface area contributed by atoms with Gasteiger partial charge in [0.05, 0.1) is 5.37 Å². The van der Waals surface area contributed by atoms with E-state index in [1.54, 1.807) is 0 Å². The normalized spacial score (nSPS) is 38.3. The van der Waals surface area contributed by atoms with Gasteiger partial charge in [0.2, 0.25) is 5.91 Å². The van der Waals surface area contributed by atoms with Crippen LogP contribution in [0.25, 0.3) is 0 Å². The number of hydrogen-bond acceptors (Lipinski definition) is 2. The van der Waals surface area contributed by atoms with Crippen molar-refractivity contribution >= 4 is 17.7 Å². The SMILES string of the molecule is CC[C@H]1CCSC2CC[C@@H](C)N2C1=O. The van der Waals surface area contributed by atoms with Crippen LogP contribution in [0.3, 0.4) is 0 Å². The molecule has 2 fully saturated rings. The predicted octanol–water partition coefficient (Wildman–Crippen LogP) is 2.49. The molecule has 1 unspecified atom stereocenters. The van der Waals surface area contributed by atoms with Crippen molar-refractivity contribution < 1.29 is 4.79 Å². The first-order valence-electron chi connectivity index (χ1n) is 5.67. The largest absolute Gasteiger partial charge is 0.328 e. The van der Waals surface area contributed by atoms with Gasteiger partial charge in [-0.25, -0.2) is 0 Å². The quantitative estimate of drug-likeness (QED) is 0.667. The Labute approximate surface area is 90.4 Å². The van der Waals surface area contributed by atoms with Crippen LogP contribution >= 0.6 is 11.8 Å². The number of nitrogens with zero attached hydrogens (tertiary/aromatic N) is 1. The first kappa shape index (κ1) is 10.3. The lowest BCUT2D eigenvalue weighted by molar-refractivity contribution is -0.136. The van der Waals surface area contributed by atoms with Gasteiger partial charge in [0, 0.05) is 12.0 Å². The molecule has 2 aliphatic rings. The molecule has 0 radical (unpaired) electrons. The second kappa shape index (κ2) is 4.13. The van der Waals surface area contributed by atoms with E-state index >= 15 is 0 Å². The molecule has 0 aromatic heterocycles. The highest BCUT2D eigenvalue weighted by Gasteiger charge is 2.39. The maximum absolute atomic E-state index is 12.2. The summed E-state index contributed by atoms with van der Waals surface area (Å²) in [6.07, 6.45) is 4.49. The Morgan fingerprint density at radius 3 is 2.93 bits per heavy atom. The summed E-state index contributed by atoms with van der Waals surface area (Å²) in [7, 11) is 0. The van der Waals surface area contributed by atoms with Gasteiger partial charge in [-0.3, -0.25) is 4.79 Å². The van der Waals surface area contributed by atoms with Gasteiger partial charge >= 0.3 is 0 Å². The van der Waals surface area contributed by atoms with E-state index in [-0.39, 0.29) is 0 Å². The van der Waals surface area contributed by atoms with Gasteiger partial charge in [-0.15, -0.1) is 11.8 Å². The van der Waals surface area contributed by atoms with E-state index in [2.05, 4.69) is 18.7 Å². The van der Waals surface area contributed by atoms with Crippen LogP contribution in [-0.2, 0) is 4.79 Å². The Morgan fingerprint density at radius 1 is 1.43 bits per heavy atom. The number of carbonyl (C=O) groups excluding carboxylic acids is 1. The second-order valence-corrected chi connectivity index (χ2v) is 5.68. The third-order valence-corrected chi connectivity index (χ3v) is 4.81. The smallest absolute Gasteiger partial charge is 0.226 e. The highest BCUT2D eigenvalue weighted by atomic mass is 32.2. The Balaban J connectivity index is 2.16. The number of thioether (sulfide) groups is 1. The van der Waals surface area contributed by atoms with E-state index in [9.17, 15) is 4.79 Å². The van der Waals surface area contributed by atoms with Crippen LogP contribution in [0, 0.1) is 5.92 Å². The van der Waals surface area contributed by atoms with E-state index in [4.69, 9.17) is 0 Å². The van der Waals surface area contributed by atoms with Gasteiger partial charge in [-0.1, -0.05) is 6.92 Å². The van der Waals surface area contributed by atoms with E-state index in [0.717, 1.165) is 18.6 Å². The zero-order chi connectivity index (χ0) is 10.1. The van der Waals surface area contributed by atoms with Gasteiger partial charge in [0.25, 0.3) is 0 Å². The molecule has 0 aromatic rings. The number of hydrogen-bond donors (Lipinski definition) is 0. The summed E-state index contributed by atoms with van der Waals surface area (Å²) in [5, 5.41) is 0.494. The number of rotatable bonds is 1. The fraction of sp³-hybridized carbons (Fsp3) is 0.909. The molecular weight excluding hydrogens is 194 g/mol. The van der Waals surface area contributed by atoms with Gasteiger partial charge in [0.15, 0.2) is 0 Å². The molecule has 0 N–H and O–H groups in total. The van der Waals surface area contributed by atoms with Crippen molar-refractivity contribution in [2.24, 2.45) is 5.92 Å². The second-order valence-electron chi connectivity index (χ2n) is 4.39. The molecule has 3 heteroatoms. The average molecular weight is 213 g/mol. The van der Waals surface area contributed by atoms with Crippen LogP contribution in [0.5, 0.6) is 0 Å². The van der Waals surface area contributed by atoms with Gasteiger partial charge in [0.1, 0.15) is 0 Å². The van der Waals surface area contributed by atoms with Gasteiger partial charge in [-0.2, -0.15) is 0 Å². The maximum atomic E-state index is 12.2. The average Bonchev–Trinajstić information content (AvgIpc) is 2.45. The molecular formula is C11H19NOS. The Hall–Kier alpha value is -0.180. The van der Waals surface area contributed by atoms with Crippen LogP contribution in [0.4, 0.5) is 0 Å². The van der Waals surface area contributed by atoms with Gasteiger partial charge in [-0.05, 0) is 38.4 Å².